The number of rotatable bonds is 11. The van der Waals surface area contributed by atoms with Gasteiger partial charge in [-0.25, -0.2) is 4.79 Å². The first-order valence-electron chi connectivity index (χ1n) is 11.0. The molecule has 1 aromatic heterocycles. The third kappa shape index (κ3) is 8.82. The summed E-state index contributed by atoms with van der Waals surface area (Å²) in [4.78, 5) is 25.5. The van der Waals surface area contributed by atoms with Gasteiger partial charge in [0, 0.05) is 18.4 Å². The van der Waals surface area contributed by atoms with Gasteiger partial charge in [-0.3, -0.25) is 14.3 Å². The summed E-state index contributed by atoms with van der Waals surface area (Å²) in [5.74, 6) is 3.87. The Labute approximate surface area is 223 Å². The third-order valence-electron chi connectivity index (χ3n) is 5.02. The van der Waals surface area contributed by atoms with Gasteiger partial charge in [0.1, 0.15) is 36.9 Å². The van der Waals surface area contributed by atoms with Crippen molar-refractivity contribution in [2.24, 2.45) is 0 Å². The lowest BCUT2D eigenvalue weighted by Gasteiger charge is -2.19. The minimum Gasteiger partial charge on any atom is -0.494 e. The van der Waals surface area contributed by atoms with Gasteiger partial charge in [-0.2, -0.15) is 13.2 Å². The number of halogens is 3. The molecule has 2 heterocycles. The Balaban J connectivity index is 1.50. The van der Waals surface area contributed by atoms with Crippen molar-refractivity contribution in [3.63, 3.8) is 0 Å². The first kappa shape index (κ1) is 29.1. The molecule has 1 saturated heterocycles. The Bertz CT molecular complexity index is 1200. The first-order chi connectivity index (χ1) is 17.7. The number of thiocarbonyl (C=S) groups is 1. The van der Waals surface area contributed by atoms with E-state index in [0.29, 0.717) is 17.4 Å². The molecule has 0 unspecified atom stereocenters. The Kier molecular flexibility index (Phi) is 11.0. The fourth-order valence-electron chi connectivity index (χ4n) is 3.34. The van der Waals surface area contributed by atoms with Gasteiger partial charge < -0.3 is 18.9 Å². The molecule has 1 aliphatic rings. The lowest BCUT2D eigenvalue weighted by molar-refractivity contribution is -0.139. The number of aromatic amines is 1. The molecule has 14 heteroatoms. The normalized spacial score (nSPS) is 19.4. The van der Waals surface area contributed by atoms with Crippen molar-refractivity contribution in [2.75, 3.05) is 25.6 Å². The highest BCUT2D eigenvalue weighted by Crippen LogP contribution is 2.33. The molecular weight excluding hydrogens is 553 g/mol. The van der Waals surface area contributed by atoms with Crippen molar-refractivity contribution in [1.82, 2.24) is 9.55 Å². The average molecular weight is 577 g/mol. The summed E-state index contributed by atoms with van der Waals surface area (Å²) in [6.07, 6.45) is -1.04. The minimum atomic E-state index is -4.95. The highest BCUT2D eigenvalue weighted by atomic mass is 33.1. The van der Waals surface area contributed by atoms with E-state index in [4.69, 9.17) is 37.6 Å². The fourth-order valence-corrected chi connectivity index (χ4v) is 5.41. The summed E-state index contributed by atoms with van der Waals surface area (Å²) in [6, 6.07) is 9.46. The molecule has 0 aliphatic carbocycles. The van der Waals surface area contributed by atoms with Crippen LogP contribution in [0.15, 0.2) is 46.1 Å². The number of nitrogens with one attached hydrogen (secondary N) is 1. The molecular formula is C23H23F3N2O6S3. The van der Waals surface area contributed by atoms with E-state index in [2.05, 4.69) is 5.92 Å². The summed E-state index contributed by atoms with van der Waals surface area (Å²) < 4.78 is 62.9. The van der Waals surface area contributed by atoms with Crippen molar-refractivity contribution in [2.45, 2.75) is 37.5 Å². The zero-order valence-corrected chi connectivity index (χ0v) is 21.7. The average Bonchev–Trinajstić information content (AvgIpc) is 3.26. The highest BCUT2D eigenvalue weighted by Gasteiger charge is 2.40. The van der Waals surface area contributed by atoms with E-state index in [1.807, 2.05) is 30.3 Å². The van der Waals surface area contributed by atoms with Gasteiger partial charge in [-0.15, -0.1) is 6.42 Å². The van der Waals surface area contributed by atoms with Gasteiger partial charge >= 0.3 is 11.9 Å². The summed E-state index contributed by atoms with van der Waals surface area (Å²) in [7, 11) is 2.74. The smallest absolute Gasteiger partial charge is 0.423 e. The molecule has 0 radical (unpaired) electrons. The minimum absolute atomic E-state index is 0.00895. The molecule has 1 aromatic carbocycles. The highest BCUT2D eigenvalue weighted by molar-refractivity contribution is 8.83. The van der Waals surface area contributed by atoms with Crippen LogP contribution in [-0.2, 0) is 20.4 Å². The van der Waals surface area contributed by atoms with Crippen LogP contribution in [0.25, 0.3) is 0 Å². The number of terminal acetylenes is 1. The number of H-pyrrole nitrogens is 1. The second-order valence-corrected chi connectivity index (χ2v) is 10.6. The van der Waals surface area contributed by atoms with E-state index in [9.17, 15) is 22.8 Å². The second-order valence-electron chi connectivity index (χ2n) is 7.61. The fraction of sp³-hybridized carbons (Fsp3) is 0.435. The van der Waals surface area contributed by atoms with Gasteiger partial charge in [0.25, 0.3) is 5.56 Å². The molecule has 8 nitrogen and oxygen atoms in total. The maximum atomic E-state index is 13.2. The molecule has 1 aliphatic heterocycles. The van der Waals surface area contributed by atoms with Crippen LogP contribution in [-0.4, -0.2) is 51.7 Å². The van der Waals surface area contributed by atoms with Crippen LogP contribution >= 0.6 is 33.8 Å². The topological polar surface area (TPSA) is 91.8 Å². The van der Waals surface area contributed by atoms with Gasteiger partial charge in [0.15, 0.2) is 0 Å². The maximum Gasteiger partial charge on any atom is 0.423 e. The molecule has 1 N–H and O–H groups in total. The zero-order valence-electron chi connectivity index (χ0n) is 19.3. The van der Waals surface area contributed by atoms with Crippen molar-refractivity contribution >= 4 is 38.2 Å². The van der Waals surface area contributed by atoms with E-state index in [0.717, 1.165) is 17.9 Å². The molecule has 200 valence electrons. The molecule has 3 atom stereocenters. The monoisotopic (exact) mass is 576 g/mol. The zero-order chi connectivity index (χ0) is 26.8. The number of aromatic nitrogens is 2. The first-order valence-corrected chi connectivity index (χ1v) is 13.7. The van der Waals surface area contributed by atoms with E-state index in [1.165, 1.54) is 21.6 Å². The van der Waals surface area contributed by atoms with Crippen molar-refractivity contribution in [3.05, 3.63) is 62.9 Å². The number of para-hydroxylation sites is 1. The number of benzene rings is 1. The predicted octanol–water partition coefficient (Wildman–Crippen LogP) is 4.01. The Morgan fingerprint density at radius 1 is 1.30 bits per heavy atom. The number of hydrogen-bond acceptors (Lipinski definition) is 9. The lowest BCUT2D eigenvalue weighted by Crippen LogP contribution is -2.36. The summed E-state index contributed by atoms with van der Waals surface area (Å²) in [5, 5.41) is 0. The molecule has 0 saturated carbocycles. The molecule has 0 bridgehead atoms. The van der Waals surface area contributed by atoms with Crippen LogP contribution in [0.3, 0.4) is 0 Å². The third-order valence-corrected chi connectivity index (χ3v) is 7.84. The van der Waals surface area contributed by atoms with Crippen LogP contribution in [0.4, 0.5) is 13.2 Å². The number of ether oxygens (including phenoxy) is 4. The van der Waals surface area contributed by atoms with Crippen LogP contribution in [0.2, 0.25) is 0 Å². The van der Waals surface area contributed by atoms with Crippen LogP contribution in [0, 0.1) is 12.3 Å². The Morgan fingerprint density at radius 2 is 2.05 bits per heavy atom. The standard InChI is InChI=1S/C23H23F3N2O6S3/c1-2-9-32-17-12-19(28-13-16(23(24,25)26)20(29)27-21(28)30)34-18(17)14-33-22(35)37-36-11-6-10-31-15-7-4-3-5-8-15/h1,3-5,7-8,13,17-19H,6,9-12,14H2,(H,27,29,30)/t17-,18+,19+/m0/s1. The van der Waals surface area contributed by atoms with Crippen LogP contribution in [0.5, 0.6) is 5.75 Å². The van der Waals surface area contributed by atoms with Gasteiger partial charge in [0.05, 0.1) is 12.7 Å². The van der Waals surface area contributed by atoms with E-state index in [-0.39, 0.29) is 24.0 Å². The van der Waals surface area contributed by atoms with E-state index >= 15 is 0 Å². The lowest BCUT2D eigenvalue weighted by atomic mass is 10.2. The largest absolute Gasteiger partial charge is 0.494 e. The van der Waals surface area contributed by atoms with E-state index in [1.54, 1.807) is 4.98 Å². The molecule has 1 fully saturated rings. The summed E-state index contributed by atoms with van der Waals surface area (Å²) in [5.41, 5.74) is -4.09. The van der Waals surface area contributed by atoms with Crippen molar-refractivity contribution < 1.29 is 32.1 Å². The van der Waals surface area contributed by atoms with Crippen LogP contribution in [0.1, 0.15) is 24.6 Å². The van der Waals surface area contributed by atoms with Crippen molar-refractivity contribution in [3.8, 4) is 18.1 Å². The molecule has 0 amide bonds. The Hall–Kier alpha value is -2.44. The number of nitrogens with zero attached hydrogens (tertiary/aromatic N) is 1. The molecule has 2 aromatic rings. The van der Waals surface area contributed by atoms with Gasteiger partial charge in [0.2, 0.25) is 4.38 Å². The number of hydrogen-bond donors (Lipinski definition) is 1. The van der Waals surface area contributed by atoms with Gasteiger partial charge in [-0.05, 0) is 41.6 Å². The molecule has 3 rings (SSSR count). The predicted molar refractivity (Wildman–Crippen MR) is 139 cm³/mol. The summed E-state index contributed by atoms with van der Waals surface area (Å²) >= 11 is 5.23. The summed E-state index contributed by atoms with van der Waals surface area (Å²) in [6.45, 7) is 0.405. The molecule has 37 heavy (non-hydrogen) atoms. The van der Waals surface area contributed by atoms with Gasteiger partial charge in [-0.1, -0.05) is 34.9 Å². The SMILES string of the molecule is C#CCO[C@H]1C[C@H](n2cc(C(F)(F)F)c(=O)[nH]c2=O)O[C@@H]1COC(=S)SSCCCOc1ccccc1. The van der Waals surface area contributed by atoms with Crippen molar-refractivity contribution in [1.29, 1.82) is 0 Å². The van der Waals surface area contributed by atoms with E-state index < -0.39 is 41.4 Å². The number of alkyl halides is 3. The quantitative estimate of drug-likeness (QED) is 0.184. The molecule has 0 spiro atoms. The second kappa shape index (κ2) is 13.9. The Morgan fingerprint density at radius 3 is 2.76 bits per heavy atom. The maximum absolute atomic E-state index is 13.2. The van der Waals surface area contributed by atoms with Crippen LogP contribution < -0.4 is 16.0 Å².